The molecule has 0 spiro atoms. The molecule has 1 aromatic heterocycles. The SMILES string of the molecule is COc1ccc(Cl)cc1C(=O)Nc1nnc(C2CC2)s1. The van der Waals surface area contributed by atoms with Gasteiger partial charge in [0, 0.05) is 10.9 Å². The highest BCUT2D eigenvalue weighted by molar-refractivity contribution is 7.15. The molecule has 2 aromatic rings. The van der Waals surface area contributed by atoms with Gasteiger partial charge in [-0.3, -0.25) is 10.1 Å². The first-order valence-corrected chi connectivity index (χ1v) is 7.35. The highest BCUT2D eigenvalue weighted by Gasteiger charge is 2.28. The Labute approximate surface area is 124 Å². The number of carbonyl (C=O) groups is 1. The minimum absolute atomic E-state index is 0.303. The Morgan fingerprint density at radius 2 is 2.25 bits per heavy atom. The number of methoxy groups -OCH3 is 1. The molecular weight excluding hydrogens is 298 g/mol. The Morgan fingerprint density at radius 1 is 1.45 bits per heavy atom. The van der Waals surface area contributed by atoms with Crippen LogP contribution in [0.3, 0.4) is 0 Å². The van der Waals surface area contributed by atoms with Gasteiger partial charge >= 0.3 is 0 Å². The van der Waals surface area contributed by atoms with Crippen molar-refractivity contribution in [3.8, 4) is 5.75 Å². The molecule has 1 aliphatic carbocycles. The number of halogens is 1. The summed E-state index contributed by atoms with van der Waals surface area (Å²) in [6.45, 7) is 0. The Morgan fingerprint density at radius 3 is 2.95 bits per heavy atom. The van der Waals surface area contributed by atoms with E-state index in [9.17, 15) is 4.79 Å². The molecule has 104 valence electrons. The van der Waals surface area contributed by atoms with Crippen molar-refractivity contribution < 1.29 is 9.53 Å². The van der Waals surface area contributed by atoms with Gasteiger partial charge in [-0.15, -0.1) is 10.2 Å². The van der Waals surface area contributed by atoms with Crippen molar-refractivity contribution in [3.63, 3.8) is 0 Å². The smallest absolute Gasteiger partial charge is 0.261 e. The van der Waals surface area contributed by atoms with E-state index in [-0.39, 0.29) is 5.91 Å². The Kier molecular flexibility index (Phi) is 3.58. The van der Waals surface area contributed by atoms with Crippen LogP contribution in [0.5, 0.6) is 5.75 Å². The van der Waals surface area contributed by atoms with Crippen LogP contribution in [-0.2, 0) is 0 Å². The van der Waals surface area contributed by atoms with Crippen LogP contribution in [0, 0.1) is 0 Å². The first kappa shape index (κ1) is 13.3. The molecule has 0 unspecified atom stereocenters. The quantitative estimate of drug-likeness (QED) is 0.941. The third-order valence-electron chi connectivity index (χ3n) is 2.99. The van der Waals surface area contributed by atoms with Crippen LogP contribution >= 0.6 is 22.9 Å². The van der Waals surface area contributed by atoms with Crippen molar-refractivity contribution in [2.24, 2.45) is 0 Å². The largest absolute Gasteiger partial charge is 0.496 e. The summed E-state index contributed by atoms with van der Waals surface area (Å²) >= 11 is 7.33. The first-order valence-electron chi connectivity index (χ1n) is 6.15. The summed E-state index contributed by atoms with van der Waals surface area (Å²) in [6.07, 6.45) is 2.31. The van der Waals surface area contributed by atoms with Gasteiger partial charge in [0.25, 0.3) is 5.91 Å². The summed E-state index contributed by atoms with van der Waals surface area (Å²) in [4.78, 5) is 12.2. The van der Waals surface area contributed by atoms with Gasteiger partial charge < -0.3 is 4.74 Å². The summed E-state index contributed by atoms with van der Waals surface area (Å²) in [7, 11) is 1.51. The fraction of sp³-hybridized carbons (Fsp3) is 0.308. The topological polar surface area (TPSA) is 64.1 Å². The number of hydrogen-bond acceptors (Lipinski definition) is 5. The molecule has 0 aliphatic heterocycles. The zero-order chi connectivity index (χ0) is 14.1. The number of carbonyl (C=O) groups excluding carboxylic acids is 1. The Bertz CT molecular complexity index is 655. The van der Waals surface area contributed by atoms with Crippen molar-refractivity contribution >= 4 is 34.0 Å². The predicted molar refractivity (Wildman–Crippen MR) is 77.8 cm³/mol. The maximum Gasteiger partial charge on any atom is 0.261 e. The molecule has 1 fully saturated rings. The molecule has 7 heteroatoms. The molecular formula is C13H12ClN3O2S. The van der Waals surface area contributed by atoms with Crippen LogP contribution < -0.4 is 10.1 Å². The summed E-state index contributed by atoms with van der Waals surface area (Å²) < 4.78 is 5.16. The molecule has 1 aliphatic rings. The average Bonchev–Trinajstić information content (AvgIpc) is 3.19. The van der Waals surface area contributed by atoms with E-state index in [0.717, 1.165) is 17.8 Å². The van der Waals surface area contributed by atoms with E-state index in [1.54, 1.807) is 18.2 Å². The van der Waals surface area contributed by atoms with Crippen molar-refractivity contribution in [3.05, 3.63) is 33.8 Å². The minimum Gasteiger partial charge on any atom is -0.496 e. The lowest BCUT2D eigenvalue weighted by Crippen LogP contribution is -2.13. The van der Waals surface area contributed by atoms with Gasteiger partial charge in [0.15, 0.2) is 0 Å². The summed E-state index contributed by atoms with van der Waals surface area (Å²) in [5.41, 5.74) is 0.378. The van der Waals surface area contributed by atoms with Crippen LogP contribution in [0.4, 0.5) is 5.13 Å². The van der Waals surface area contributed by atoms with Gasteiger partial charge in [-0.2, -0.15) is 0 Å². The normalized spacial score (nSPS) is 14.1. The van der Waals surface area contributed by atoms with Crippen LogP contribution in [0.15, 0.2) is 18.2 Å². The van der Waals surface area contributed by atoms with Gasteiger partial charge in [0.05, 0.1) is 12.7 Å². The predicted octanol–water partition coefficient (Wildman–Crippen LogP) is 3.33. The Hall–Kier alpha value is -1.66. The zero-order valence-electron chi connectivity index (χ0n) is 10.7. The van der Waals surface area contributed by atoms with Gasteiger partial charge in [0.2, 0.25) is 5.13 Å². The highest BCUT2D eigenvalue weighted by Crippen LogP contribution is 2.42. The molecule has 1 saturated carbocycles. The molecule has 0 saturated heterocycles. The van der Waals surface area contributed by atoms with Crippen LogP contribution in [0.1, 0.15) is 34.1 Å². The van der Waals surface area contributed by atoms with Crippen molar-refractivity contribution in [1.29, 1.82) is 0 Å². The second-order valence-corrected chi connectivity index (χ2v) is 5.96. The lowest BCUT2D eigenvalue weighted by molar-refractivity contribution is 0.102. The van der Waals surface area contributed by atoms with Crippen LogP contribution in [0.2, 0.25) is 5.02 Å². The van der Waals surface area contributed by atoms with E-state index in [0.29, 0.717) is 27.4 Å². The average molecular weight is 310 g/mol. The molecule has 1 N–H and O–H groups in total. The van der Waals surface area contributed by atoms with E-state index in [4.69, 9.17) is 16.3 Å². The monoisotopic (exact) mass is 309 g/mol. The molecule has 0 bridgehead atoms. The van der Waals surface area contributed by atoms with Crippen molar-refractivity contribution in [2.75, 3.05) is 12.4 Å². The second kappa shape index (κ2) is 5.38. The fourth-order valence-electron chi connectivity index (χ4n) is 1.80. The van der Waals surface area contributed by atoms with Crippen molar-refractivity contribution in [2.45, 2.75) is 18.8 Å². The van der Waals surface area contributed by atoms with Gasteiger partial charge in [-0.1, -0.05) is 22.9 Å². The number of nitrogens with zero attached hydrogens (tertiary/aromatic N) is 2. The van der Waals surface area contributed by atoms with Crippen LogP contribution in [0.25, 0.3) is 0 Å². The number of ether oxygens (including phenoxy) is 1. The molecule has 1 heterocycles. The number of aromatic nitrogens is 2. The van der Waals surface area contributed by atoms with Gasteiger partial charge in [-0.05, 0) is 31.0 Å². The lowest BCUT2D eigenvalue weighted by Gasteiger charge is -2.07. The number of amides is 1. The molecule has 0 radical (unpaired) electrons. The number of anilines is 1. The molecule has 1 aromatic carbocycles. The highest BCUT2D eigenvalue weighted by atomic mass is 35.5. The summed E-state index contributed by atoms with van der Waals surface area (Å²) in [5.74, 6) is 0.695. The zero-order valence-corrected chi connectivity index (χ0v) is 12.3. The lowest BCUT2D eigenvalue weighted by atomic mass is 10.2. The number of hydrogen-bond donors (Lipinski definition) is 1. The third kappa shape index (κ3) is 2.76. The van der Waals surface area contributed by atoms with E-state index in [1.807, 2.05) is 0 Å². The molecule has 1 amide bonds. The number of rotatable bonds is 4. The second-order valence-electron chi connectivity index (χ2n) is 4.52. The molecule has 20 heavy (non-hydrogen) atoms. The minimum atomic E-state index is -0.303. The molecule has 3 rings (SSSR count). The van der Waals surface area contributed by atoms with Gasteiger partial charge in [0.1, 0.15) is 10.8 Å². The van der Waals surface area contributed by atoms with E-state index in [2.05, 4.69) is 15.5 Å². The van der Waals surface area contributed by atoms with E-state index in [1.165, 1.54) is 18.4 Å². The fourth-order valence-corrected chi connectivity index (χ4v) is 2.88. The van der Waals surface area contributed by atoms with Crippen LogP contribution in [-0.4, -0.2) is 23.2 Å². The van der Waals surface area contributed by atoms with E-state index >= 15 is 0 Å². The number of nitrogens with one attached hydrogen (secondary N) is 1. The number of benzene rings is 1. The van der Waals surface area contributed by atoms with Gasteiger partial charge in [-0.25, -0.2) is 0 Å². The third-order valence-corrected chi connectivity index (χ3v) is 4.23. The van der Waals surface area contributed by atoms with Crippen molar-refractivity contribution in [1.82, 2.24) is 10.2 Å². The van der Waals surface area contributed by atoms with E-state index < -0.39 is 0 Å². The Balaban J connectivity index is 1.79. The molecule has 5 nitrogen and oxygen atoms in total. The maximum atomic E-state index is 12.2. The molecule has 0 atom stereocenters. The summed E-state index contributed by atoms with van der Waals surface area (Å²) in [5, 5.41) is 12.8. The first-order chi connectivity index (χ1) is 9.67. The summed E-state index contributed by atoms with van der Waals surface area (Å²) in [6, 6.07) is 4.90. The maximum absolute atomic E-state index is 12.2. The standard InChI is InChI=1S/C13H12ClN3O2S/c1-19-10-5-4-8(14)6-9(10)11(18)15-13-17-16-12(20-13)7-2-3-7/h4-7H,2-3H2,1H3,(H,15,17,18).